The van der Waals surface area contributed by atoms with Crippen LogP contribution < -0.4 is 5.32 Å². The van der Waals surface area contributed by atoms with Gasteiger partial charge in [0.15, 0.2) is 0 Å². The average Bonchev–Trinajstić information content (AvgIpc) is 2.28. The lowest BCUT2D eigenvalue weighted by molar-refractivity contribution is -0.118. The summed E-state index contributed by atoms with van der Waals surface area (Å²) < 4.78 is 11.1. The van der Waals surface area contributed by atoms with Crippen molar-refractivity contribution < 1.29 is 9.47 Å². The molecule has 1 aliphatic rings. The highest BCUT2D eigenvalue weighted by atomic mass is 16.5. The average molecular weight is 236 g/mol. The van der Waals surface area contributed by atoms with Crippen molar-refractivity contribution in [2.24, 2.45) is 0 Å². The van der Waals surface area contributed by atoms with E-state index >= 15 is 0 Å². The van der Waals surface area contributed by atoms with Crippen LogP contribution in [-0.2, 0) is 9.47 Å². The second-order valence-corrected chi connectivity index (χ2v) is 4.43. The van der Waals surface area contributed by atoms with Gasteiger partial charge in [0.2, 0.25) is 0 Å². The Balaban J connectivity index is 1.92. The Hall–Kier alpha value is -1.13. The van der Waals surface area contributed by atoms with E-state index in [1.807, 2.05) is 26.2 Å². The highest BCUT2D eigenvalue weighted by molar-refractivity contribution is 5.44. The lowest BCUT2D eigenvalue weighted by atomic mass is 9.85. The van der Waals surface area contributed by atoms with Gasteiger partial charge in [-0.1, -0.05) is 0 Å². The molecule has 1 aromatic heterocycles. The minimum absolute atomic E-state index is 0.135. The second kappa shape index (κ2) is 5.47. The highest BCUT2D eigenvalue weighted by Gasteiger charge is 2.42. The Bertz CT molecular complexity index is 370. The molecule has 94 valence electrons. The number of anilines is 1. The van der Waals surface area contributed by atoms with Crippen molar-refractivity contribution in [3.63, 3.8) is 0 Å². The van der Waals surface area contributed by atoms with Crippen LogP contribution in [0.3, 0.4) is 0 Å². The van der Waals surface area contributed by atoms with Crippen LogP contribution in [0.1, 0.15) is 18.9 Å². The Morgan fingerprint density at radius 1 is 1.47 bits per heavy atom. The summed E-state index contributed by atoms with van der Waals surface area (Å²) in [6.45, 7) is 4.79. The van der Waals surface area contributed by atoms with Gasteiger partial charge in [-0.05, 0) is 31.9 Å². The first-order chi connectivity index (χ1) is 8.24. The molecule has 0 saturated heterocycles. The van der Waals surface area contributed by atoms with E-state index in [4.69, 9.17) is 9.47 Å². The lowest BCUT2D eigenvalue weighted by Crippen LogP contribution is -2.56. The van der Waals surface area contributed by atoms with Gasteiger partial charge in [-0.3, -0.25) is 4.98 Å². The molecule has 1 aliphatic carbocycles. The molecule has 0 aromatic carbocycles. The van der Waals surface area contributed by atoms with Gasteiger partial charge < -0.3 is 14.8 Å². The first-order valence-corrected chi connectivity index (χ1v) is 6.07. The topological polar surface area (TPSA) is 43.4 Å². The standard InChI is InChI=1S/C13H20N2O2/c1-4-17-12-6-11(13(12)16-3)15-10-5-9(2)7-14-8-10/h5,7-8,11-13,15H,4,6H2,1-3H3. The first kappa shape index (κ1) is 12.3. The van der Waals surface area contributed by atoms with Gasteiger partial charge >= 0.3 is 0 Å². The molecule has 1 N–H and O–H groups in total. The zero-order valence-electron chi connectivity index (χ0n) is 10.6. The van der Waals surface area contributed by atoms with E-state index in [0.717, 1.165) is 24.3 Å². The van der Waals surface area contributed by atoms with Gasteiger partial charge in [-0.25, -0.2) is 0 Å². The second-order valence-electron chi connectivity index (χ2n) is 4.43. The SMILES string of the molecule is CCOC1CC(Nc2cncc(C)c2)C1OC. The maximum Gasteiger partial charge on any atom is 0.103 e. The summed E-state index contributed by atoms with van der Waals surface area (Å²) >= 11 is 0. The number of nitrogens with zero attached hydrogens (tertiary/aromatic N) is 1. The van der Waals surface area contributed by atoms with Gasteiger partial charge in [0.05, 0.1) is 17.8 Å². The maximum atomic E-state index is 5.59. The number of ether oxygens (including phenoxy) is 2. The molecule has 1 heterocycles. The van der Waals surface area contributed by atoms with E-state index < -0.39 is 0 Å². The van der Waals surface area contributed by atoms with Gasteiger partial charge in [0.1, 0.15) is 6.10 Å². The van der Waals surface area contributed by atoms with Gasteiger partial charge in [0, 0.05) is 26.1 Å². The van der Waals surface area contributed by atoms with Crippen molar-refractivity contribution >= 4 is 5.69 Å². The molecule has 1 saturated carbocycles. The molecule has 0 amide bonds. The van der Waals surface area contributed by atoms with Crippen LogP contribution in [0.5, 0.6) is 0 Å². The van der Waals surface area contributed by atoms with Crippen molar-refractivity contribution in [2.45, 2.75) is 38.5 Å². The Morgan fingerprint density at radius 3 is 2.94 bits per heavy atom. The van der Waals surface area contributed by atoms with Crippen molar-refractivity contribution in [3.8, 4) is 0 Å². The fourth-order valence-electron chi connectivity index (χ4n) is 2.26. The summed E-state index contributed by atoms with van der Waals surface area (Å²) in [5.74, 6) is 0. The third-order valence-corrected chi connectivity index (χ3v) is 3.13. The van der Waals surface area contributed by atoms with Gasteiger partial charge in [0.25, 0.3) is 0 Å². The van der Waals surface area contributed by atoms with E-state index in [9.17, 15) is 0 Å². The minimum atomic E-state index is 0.135. The number of methoxy groups -OCH3 is 1. The zero-order valence-corrected chi connectivity index (χ0v) is 10.6. The predicted molar refractivity (Wildman–Crippen MR) is 67.2 cm³/mol. The molecule has 0 aliphatic heterocycles. The molecule has 17 heavy (non-hydrogen) atoms. The number of hydrogen-bond acceptors (Lipinski definition) is 4. The van der Waals surface area contributed by atoms with Crippen LogP contribution in [0.15, 0.2) is 18.5 Å². The van der Waals surface area contributed by atoms with Crippen molar-refractivity contribution in [3.05, 3.63) is 24.0 Å². The molecule has 2 rings (SSSR count). The summed E-state index contributed by atoms with van der Waals surface area (Å²) in [5, 5.41) is 3.44. The van der Waals surface area contributed by atoms with E-state index in [0.29, 0.717) is 6.04 Å². The first-order valence-electron chi connectivity index (χ1n) is 6.07. The molecule has 4 nitrogen and oxygen atoms in total. The van der Waals surface area contributed by atoms with Crippen molar-refractivity contribution in [1.82, 2.24) is 4.98 Å². The van der Waals surface area contributed by atoms with Crippen molar-refractivity contribution in [1.29, 1.82) is 0 Å². The van der Waals surface area contributed by atoms with Crippen LogP contribution in [0, 0.1) is 6.92 Å². The summed E-state index contributed by atoms with van der Waals surface area (Å²) in [6, 6.07) is 2.41. The fourth-order valence-corrected chi connectivity index (χ4v) is 2.26. The maximum absolute atomic E-state index is 5.59. The molecule has 3 unspecified atom stereocenters. The Kier molecular flexibility index (Phi) is 3.97. The Labute approximate surface area is 102 Å². The molecular formula is C13H20N2O2. The molecule has 1 fully saturated rings. The van der Waals surface area contributed by atoms with E-state index in [-0.39, 0.29) is 12.2 Å². The smallest absolute Gasteiger partial charge is 0.103 e. The fraction of sp³-hybridized carbons (Fsp3) is 0.615. The zero-order chi connectivity index (χ0) is 12.3. The summed E-state index contributed by atoms with van der Waals surface area (Å²) in [6.07, 6.45) is 5.03. The number of hydrogen-bond donors (Lipinski definition) is 1. The largest absolute Gasteiger partial charge is 0.378 e. The van der Waals surface area contributed by atoms with Crippen molar-refractivity contribution in [2.75, 3.05) is 19.0 Å². The summed E-state index contributed by atoms with van der Waals surface area (Å²) in [4.78, 5) is 4.17. The molecule has 1 aromatic rings. The van der Waals surface area contributed by atoms with Crippen LogP contribution >= 0.6 is 0 Å². The minimum Gasteiger partial charge on any atom is -0.378 e. The van der Waals surface area contributed by atoms with E-state index in [1.54, 1.807) is 7.11 Å². The van der Waals surface area contributed by atoms with Gasteiger partial charge in [-0.15, -0.1) is 0 Å². The molecular weight excluding hydrogens is 216 g/mol. The lowest BCUT2D eigenvalue weighted by Gasteiger charge is -2.43. The molecule has 4 heteroatoms. The quantitative estimate of drug-likeness (QED) is 0.849. The number of aryl methyl sites for hydroxylation is 1. The normalized spacial score (nSPS) is 27.6. The number of aromatic nitrogens is 1. The third kappa shape index (κ3) is 2.76. The van der Waals surface area contributed by atoms with E-state index in [1.165, 1.54) is 0 Å². The molecule has 3 atom stereocenters. The number of pyridine rings is 1. The predicted octanol–water partition coefficient (Wildman–Crippen LogP) is 1.99. The van der Waals surface area contributed by atoms with Crippen LogP contribution in [0.25, 0.3) is 0 Å². The summed E-state index contributed by atoms with van der Waals surface area (Å²) in [5.41, 5.74) is 2.21. The monoisotopic (exact) mass is 236 g/mol. The molecule has 0 bridgehead atoms. The third-order valence-electron chi connectivity index (χ3n) is 3.13. The van der Waals surface area contributed by atoms with E-state index in [2.05, 4.69) is 16.4 Å². The number of nitrogens with one attached hydrogen (secondary N) is 1. The van der Waals surface area contributed by atoms with Crippen LogP contribution in [0.4, 0.5) is 5.69 Å². The Morgan fingerprint density at radius 2 is 2.29 bits per heavy atom. The summed E-state index contributed by atoms with van der Waals surface area (Å²) in [7, 11) is 1.74. The highest BCUT2D eigenvalue weighted by Crippen LogP contribution is 2.29. The number of rotatable bonds is 5. The van der Waals surface area contributed by atoms with Gasteiger partial charge in [-0.2, -0.15) is 0 Å². The van der Waals surface area contributed by atoms with Crippen LogP contribution in [-0.4, -0.2) is 37.0 Å². The molecule has 0 radical (unpaired) electrons. The molecule has 0 spiro atoms. The van der Waals surface area contributed by atoms with Crippen LogP contribution in [0.2, 0.25) is 0 Å².